The summed E-state index contributed by atoms with van der Waals surface area (Å²) in [7, 11) is 1.40. The Morgan fingerprint density at radius 3 is 2.38 bits per heavy atom. The molecular weight excluding hydrogens is 504 g/mol. The third-order valence-electron chi connectivity index (χ3n) is 6.11. The lowest BCUT2D eigenvalue weighted by atomic mass is 9.88. The lowest BCUT2D eigenvalue weighted by molar-refractivity contribution is -0.156. The van der Waals surface area contributed by atoms with Crippen molar-refractivity contribution >= 4 is 17.8 Å². The van der Waals surface area contributed by atoms with Crippen molar-refractivity contribution in [1.82, 2.24) is 10.3 Å². The molecule has 1 aromatic heterocycles. The van der Waals surface area contributed by atoms with Crippen molar-refractivity contribution in [3.8, 4) is 11.5 Å². The van der Waals surface area contributed by atoms with Gasteiger partial charge in [-0.3, -0.25) is 9.59 Å². The van der Waals surface area contributed by atoms with Gasteiger partial charge in [0.2, 0.25) is 6.79 Å². The standard InChI is InChI=1S/C29H40N2O8/c1-7-16-36-24(8-2)23(17-22-12-10-9-11-13-22)20(4)39-29(34)19(3)31-28(33)26-27(38-18-37-21(5)32)25(35-6)14-15-30-26/h9-15,19-20,23-24H,7-8,16-18H2,1-6H3,(H,31,33)/t19-,20+,23+,24-/m1/s1. The Morgan fingerprint density at radius 2 is 1.77 bits per heavy atom. The molecule has 1 amide bonds. The number of carbonyl (C=O) groups is 3. The van der Waals surface area contributed by atoms with Crippen LogP contribution in [-0.2, 0) is 30.2 Å². The molecule has 214 valence electrons. The van der Waals surface area contributed by atoms with Crippen LogP contribution in [0.25, 0.3) is 0 Å². The lowest BCUT2D eigenvalue weighted by Gasteiger charge is -2.32. The van der Waals surface area contributed by atoms with Gasteiger partial charge in [-0.25, -0.2) is 9.78 Å². The predicted molar refractivity (Wildman–Crippen MR) is 144 cm³/mol. The van der Waals surface area contributed by atoms with Crippen LogP contribution in [0.3, 0.4) is 0 Å². The van der Waals surface area contributed by atoms with Gasteiger partial charge in [0, 0.05) is 31.7 Å². The zero-order valence-electron chi connectivity index (χ0n) is 23.6. The van der Waals surface area contributed by atoms with Gasteiger partial charge in [0.05, 0.1) is 13.2 Å². The maximum Gasteiger partial charge on any atom is 0.328 e. The summed E-state index contributed by atoms with van der Waals surface area (Å²) in [6, 6.07) is 10.5. The zero-order valence-corrected chi connectivity index (χ0v) is 23.6. The van der Waals surface area contributed by atoms with Gasteiger partial charge in [-0.15, -0.1) is 0 Å². The molecule has 4 atom stereocenters. The number of carbonyl (C=O) groups excluding carboxylic acids is 3. The number of methoxy groups -OCH3 is 1. The van der Waals surface area contributed by atoms with Crippen molar-refractivity contribution in [2.24, 2.45) is 5.92 Å². The topological polar surface area (TPSA) is 122 Å². The number of hydrogen-bond acceptors (Lipinski definition) is 9. The number of hydrogen-bond donors (Lipinski definition) is 1. The first-order chi connectivity index (χ1) is 18.7. The second-order valence-electron chi connectivity index (χ2n) is 9.10. The molecule has 0 aliphatic carbocycles. The van der Waals surface area contributed by atoms with Gasteiger partial charge in [0.15, 0.2) is 17.2 Å². The summed E-state index contributed by atoms with van der Waals surface area (Å²) in [5.41, 5.74) is 0.992. The largest absolute Gasteiger partial charge is 0.493 e. The van der Waals surface area contributed by atoms with Crippen molar-refractivity contribution < 1.29 is 38.1 Å². The first-order valence-corrected chi connectivity index (χ1v) is 13.2. The van der Waals surface area contributed by atoms with Gasteiger partial charge in [-0.2, -0.15) is 0 Å². The van der Waals surface area contributed by atoms with Gasteiger partial charge in [-0.05, 0) is 38.7 Å². The minimum atomic E-state index is -0.983. The molecule has 0 saturated heterocycles. The van der Waals surface area contributed by atoms with Gasteiger partial charge >= 0.3 is 11.9 Å². The minimum Gasteiger partial charge on any atom is -0.493 e. The number of pyridine rings is 1. The van der Waals surface area contributed by atoms with Crippen LogP contribution in [-0.4, -0.2) is 61.6 Å². The van der Waals surface area contributed by atoms with Crippen molar-refractivity contribution in [3.63, 3.8) is 0 Å². The first-order valence-electron chi connectivity index (χ1n) is 13.2. The highest BCUT2D eigenvalue weighted by Crippen LogP contribution is 2.30. The Kier molecular flexibility index (Phi) is 13.2. The van der Waals surface area contributed by atoms with Crippen LogP contribution in [0.2, 0.25) is 0 Å². The third-order valence-corrected chi connectivity index (χ3v) is 6.11. The van der Waals surface area contributed by atoms with Gasteiger partial charge < -0.3 is 29.0 Å². The van der Waals surface area contributed by atoms with E-state index in [0.29, 0.717) is 13.0 Å². The number of rotatable bonds is 16. The van der Waals surface area contributed by atoms with Crippen molar-refractivity contribution in [1.29, 1.82) is 0 Å². The fourth-order valence-corrected chi connectivity index (χ4v) is 4.06. The van der Waals surface area contributed by atoms with Gasteiger partial charge in [0.25, 0.3) is 5.91 Å². The van der Waals surface area contributed by atoms with Crippen molar-refractivity contribution in [3.05, 3.63) is 53.9 Å². The zero-order chi connectivity index (χ0) is 28.8. The molecule has 0 aliphatic rings. The molecule has 1 heterocycles. The Hall–Kier alpha value is -3.66. The summed E-state index contributed by atoms with van der Waals surface area (Å²) in [5, 5.41) is 2.61. The molecule has 1 aromatic carbocycles. The second kappa shape index (κ2) is 16.3. The van der Waals surface area contributed by atoms with E-state index in [1.807, 2.05) is 37.3 Å². The Labute approximate surface area is 230 Å². The summed E-state index contributed by atoms with van der Waals surface area (Å²) in [6.07, 6.45) is 3.12. The van der Waals surface area contributed by atoms with E-state index in [-0.39, 0.29) is 29.2 Å². The summed E-state index contributed by atoms with van der Waals surface area (Å²) < 4.78 is 27.4. The number of benzene rings is 1. The van der Waals surface area contributed by atoms with E-state index >= 15 is 0 Å². The number of nitrogens with zero attached hydrogens (tertiary/aromatic N) is 1. The van der Waals surface area contributed by atoms with Crippen LogP contribution < -0.4 is 14.8 Å². The second-order valence-corrected chi connectivity index (χ2v) is 9.10. The number of nitrogens with one attached hydrogen (secondary N) is 1. The normalized spacial score (nSPS) is 13.9. The molecule has 0 fully saturated rings. The molecule has 2 rings (SSSR count). The maximum atomic E-state index is 13.0. The summed E-state index contributed by atoms with van der Waals surface area (Å²) >= 11 is 0. The van der Waals surface area contributed by atoms with Gasteiger partial charge in [0.1, 0.15) is 12.1 Å². The molecule has 0 bridgehead atoms. The first kappa shape index (κ1) is 31.6. The molecule has 0 aliphatic heterocycles. The van der Waals surface area contributed by atoms with E-state index < -0.39 is 36.8 Å². The molecule has 2 aromatic rings. The number of aromatic nitrogens is 1. The molecule has 0 radical (unpaired) electrons. The van der Waals surface area contributed by atoms with E-state index in [1.165, 1.54) is 33.2 Å². The van der Waals surface area contributed by atoms with E-state index in [2.05, 4.69) is 24.1 Å². The fourth-order valence-electron chi connectivity index (χ4n) is 4.06. The Bertz CT molecular complexity index is 1060. The Morgan fingerprint density at radius 1 is 1.05 bits per heavy atom. The van der Waals surface area contributed by atoms with Crippen LogP contribution in [0, 0.1) is 5.92 Å². The number of ether oxygens (including phenoxy) is 5. The van der Waals surface area contributed by atoms with Crippen LogP contribution in [0.1, 0.15) is 63.5 Å². The van der Waals surface area contributed by atoms with Crippen LogP contribution >= 0.6 is 0 Å². The molecule has 0 unspecified atom stereocenters. The lowest BCUT2D eigenvalue weighted by Crippen LogP contribution is -2.43. The molecule has 39 heavy (non-hydrogen) atoms. The predicted octanol–water partition coefficient (Wildman–Crippen LogP) is 4.10. The van der Waals surface area contributed by atoms with Crippen LogP contribution in [0.4, 0.5) is 0 Å². The minimum absolute atomic E-state index is 0.0190. The molecule has 1 N–H and O–H groups in total. The Balaban J connectivity index is 2.13. The van der Waals surface area contributed by atoms with E-state index in [4.69, 9.17) is 23.7 Å². The average molecular weight is 545 g/mol. The fraction of sp³-hybridized carbons (Fsp3) is 0.517. The summed E-state index contributed by atoms with van der Waals surface area (Å²) in [6.45, 7) is 8.90. The van der Waals surface area contributed by atoms with Crippen LogP contribution in [0.15, 0.2) is 42.6 Å². The monoisotopic (exact) mass is 544 g/mol. The van der Waals surface area contributed by atoms with Crippen LogP contribution in [0.5, 0.6) is 11.5 Å². The third kappa shape index (κ3) is 9.86. The van der Waals surface area contributed by atoms with Gasteiger partial charge in [-0.1, -0.05) is 44.2 Å². The molecule has 10 nitrogen and oxygen atoms in total. The van der Waals surface area contributed by atoms with Crippen molar-refractivity contribution in [2.45, 2.75) is 72.1 Å². The highest BCUT2D eigenvalue weighted by molar-refractivity contribution is 5.98. The van der Waals surface area contributed by atoms with E-state index in [9.17, 15) is 14.4 Å². The summed E-state index contributed by atoms with van der Waals surface area (Å²) in [4.78, 5) is 41.2. The van der Waals surface area contributed by atoms with Crippen molar-refractivity contribution in [2.75, 3.05) is 20.5 Å². The molecule has 10 heteroatoms. The quantitative estimate of drug-likeness (QED) is 0.246. The van der Waals surface area contributed by atoms with E-state index in [0.717, 1.165) is 18.4 Å². The average Bonchev–Trinajstić information content (AvgIpc) is 2.92. The smallest absolute Gasteiger partial charge is 0.328 e. The highest BCUT2D eigenvalue weighted by atomic mass is 16.7. The SMILES string of the molecule is CCCO[C@H](CC)[C@@H](Cc1ccccc1)[C@H](C)OC(=O)[C@@H](C)NC(=O)c1nccc(OC)c1OCOC(C)=O. The number of amides is 1. The molecular formula is C29H40N2O8. The maximum absolute atomic E-state index is 13.0. The molecule has 0 saturated carbocycles. The summed E-state index contributed by atoms with van der Waals surface area (Å²) in [5.74, 6) is -1.71. The number of esters is 2. The molecule has 0 spiro atoms. The van der Waals surface area contributed by atoms with E-state index in [1.54, 1.807) is 0 Å². The highest BCUT2D eigenvalue weighted by Gasteiger charge is 2.31.